The van der Waals surface area contributed by atoms with Crippen molar-refractivity contribution in [1.82, 2.24) is 23.6 Å². The number of thiophene rings is 1. The van der Waals surface area contributed by atoms with Crippen molar-refractivity contribution in [1.29, 1.82) is 0 Å². The number of likely N-dealkylation sites (N-methyl/N-ethyl adjacent to an activating group) is 2. The number of fused-ring (bicyclic) bond motifs is 3. The van der Waals surface area contributed by atoms with Crippen LogP contribution < -0.4 is 20.1 Å². The van der Waals surface area contributed by atoms with Crippen molar-refractivity contribution in [2.75, 3.05) is 40.4 Å². The third-order valence-corrected chi connectivity index (χ3v) is 12.9. The molecule has 0 fully saturated rings. The quantitative estimate of drug-likeness (QED) is 0.0733. The summed E-state index contributed by atoms with van der Waals surface area (Å²) in [6, 6.07) is 26.5. The number of hydrogen-bond acceptors (Lipinski definition) is 12. The predicted octanol–water partition coefficient (Wildman–Crippen LogP) is 6.83. The fourth-order valence-electron chi connectivity index (χ4n) is 5.32. The zero-order valence-electron chi connectivity index (χ0n) is 32.8. The van der Waals surface area contributed by atoms with E-state index in [0.717, 1.165) is 22.7 Å². The molecule has 3 aromatic carbocycles. The Bertz CT molecular complexity index is 2840. The van der Waals surface area contributed by atoms with E-state index in [1.54, 1.807) is 90.7 Å². The molecule has 338 valence electrons. The Labute approximate surface area is 359 Å². The van der Waals surface area contributed by atoms with Gasteiger partial charge in [0, 0.05) is 47.8 Å². The molecule has 4 heterocycles. The van der Waals surface area contributed by atoms with E-state index in [1.807, 2.05) is 38.4 Å². The minimum absolute atomic E-state index is 0.180. The molecule has 4 aromatic heterocycles. The first-order valence-electron chi connectivity index (χ1n) is 17.9. The lowest BCUT2D eigenvalue weighted by molar-refractivity contribution is -0.193. The molecule has 15 nitrogen and oxygen atoms in total. The topological polar surface area (TPSA) is 208 Å². The van der Waals surface area contributed by atoms with E-state index in [4.69, 9.17) is 29.3 Å². The number of nitrogens with zero attached hydrogens (tertiary/aromatic N) is 3. The van der Waals surface area contributed by atoms with Gasteiger partial charge in [-0.15, -0.1) is 11.3 Å². The summed E-state index contributed by atoms with van der Waals surface area (Å²) >= 11 is 1.21. The maximum absolute atomic E-state index is 13.4. The van der Waals surface area contributed by atoms with E-state index in [2.05, 4.69) is 15.6 Å². The number of halogens is 6. The second kappa shape index (κ2) is 21.2. The SMILES string of the molecule is CNCCOc1cccc2c1ccn2S(=O)(=O)c1cccc2cccnc12.CNCCOc1cccc2c1ccn2S(=O)(=O)c1cccs1.O=C(O)C(F)(F)F.O=C(O)C(F)(F)F. The summed E-state index contributed by atoms with van der Waals surface area (Å²) in [5.41, 5.74) is 1.66. The lowest BCUT2D eigenvalue weighted by atomic mass is 10.2. The average Bonchev–Trinajstić information content (AvgIpc) is 4.03. The normalized spacial score (nSPS) is 11.7. The van der Waals surface area contributed by atoms with E-state index in [-0.39, 0.29) is 4.90 Å². The van der Waals surface area contributed by atoms with Crippen LogP contribution in [0.3, 0.4) is 0 Å². The van der Waals surface area contributed by atoms with Crippen molar-refractivity contribution in [3.05, 3.63) is 115 Å². The van der Waals surface area contributed by atoms with Crippen LogP contribution in [-0.4, -0.2) is 105 Å². The number of nitrogens with one attached hydrogen (secondary N) is 2. The first-order valence-corrected chi connectivity index (χ1v) is 21.7. The Morgan fingerprint density at radius 2 is 1.13 bits per heavy atom. The number of pyridine rings is 1. The van der Waals surface area contributed by atoms with Crippen LogP contribution in [0.2, 0.25) is 0 Å². The summed E-state index contributed by atoms with van der Waals surface area (Å²) in [7, 11) is -3.65. The van der Waals surface area contributed by atoms with Gasteiger partial charge >= 0.3 is 24.3 Å². The van der Waals surface area contributed by atoms with Crippen LogP contribution in [0, 0.1) is 0 Å². The van der Waals surface area contributed by atoms with Crippen LogP contribution >= 0.6 is 11.3 Å². The highest BCUT2D eigenvalue weighted by molar-refractivity contribution is 7.92. The molecule has 24 heteroatoms. The van der Waals surface area contributed by atoms with Gasteiger partial charge in [-0.3, -0.25) is 4.98 Å². The van der Waals surface area contributed by atoms with E-state index in [1.165, 1.54) is 19.3 Å². The molecule has 0 amide bonds. The van der Waals surface area contributed by atoms with Crippen molar-refractivity contribution in [2.24, 2.45) is 0 Å². The summed E-state index contributed by atoms with van der Waals surface area (Å²) in [4.78, 5) is 22.3. The third-order valence-electron chi connectivity index (χ3n) is 8.16. The molecular weight excluding hydrogens is 909 g/mol. The number of ether oxygens (including phenoxy) is 2. The number of carboxylic acid groups (broad SMARTS) is 2. The molecule has 7 rings (SSSR count). The van der Waals surface area contributed by atoms with Crippen LogP contribution in [0.25, 0.3) is 32.7 Å². The molecule has 0 aliphatic heterocycles. The number of carbonyl (C=O) groups is 2. The molecule has 0 radical (unpaired) electrons. The molecule has 0 atom stereocenters. The average molecular weight is 946 g/mol. The largest absolute Gasteiger partial charge is 0.492 e. The summed E-state index contributed by atoms with van der Waals surface area (Å²) in [5, 5.41) is 24.4. The van der Waals surface area contributed by atoms with E-state index in [0.29, 0.717) is 52.0 Å². The van der Waals surface area contributed by atoms with Crippen LogP contribution in [-0.2, 0) is 29.6 Å². The van der Waals surface area contributed by atoms with Crippen LogP contribution in [0.4, 0.5) is 26.3 Å². The molecule has 0 unspecified atom stereocenters. The molecule has 0 aliphatic carbocycles. The fraction of sp³-hybridized carbons (Fsp3) is 0.205. The van der Waals surface area contributed by atoms with E-state index < -0.39 is 44.3 Å². The van der Waals surface area contributed by atoms with Crippen LogP contribution in [0.5, 0.6) is 11.5 Å². The molecule has 4 N–H and O–H groups in total. The molecule has 0 saturated carbocycles. The van der Waals surface area contributed by atoms with Crippen molar-refractivity contribution < 1.29 is 72.5 Å². The maximum Gasteiger partial charge on any atom is 0.490 e. The van der Waals surface area contributed by atoms with Gasteiger partial charge in [0.15, 0.2) is 0 Å². The number of aromatic nitrogens is 3. The monoisotopic (exact) mass is 945 g/mol. The Kier molecular flexibility index (Phi) is 16.7. The number of alkyl halides is 6. The van der Waals surface area contributed by atoms with Crippen LogP contribution in [0.15, 0.2) is 124 Å². The Morgan fingerprint density at radius 1 is 0.667 bits per heavy atom. The van der Waals surface area contributed by atoms with Gasteiger partial charge in [0.25, 0.3) is 20.0 Å². The number of aliphatic carboxylic acids is 2. The molecule has 0 aliphatic rings. The molecule has 0 bridgehead atoms. The summed E-state index contributed by atoms with van der Waals surface area (Å²) in [6.45, 7) is 2.46. The van der Waals surface area contributed by atoms with E-state index >= 15 is 0 Å². The van der Waals surface area contributed by atoms with Crippen molar-refractivity contribution >= 4 is 76.0 Å². The summed E-state index contributed by atoms with van der Waals surface area (Å²) < 4.78 is 130. The van der Waals surface area contributed by atoms with Gasteiger partial charge in [-0.25, -0.2) is 26.0 Å². The minimum Gasteiger partial charge on any atom is -0.492 e. The number of rotatable bonds is 12. The number of para-hydroxylation sites is 1. The summed E-state index contributed by atoms with van der Waals surface area (Å²) in [6.07, 6.45) is -5.43. The highest BCUT2D eigenvalue weighted by Crippen LogP contribution is 2.32. The van der Waals surface area contributed by atoms with Gasteiger partial charge in [-0.1, -0.05) is 36.4 Å². The molecular formula is C39H37F6N5O10S3. The van der Waals surface area contributed by atoms with Crippen LogP contribution in [0.1, 0.15) is 0 Å². The first-order chi connectivity index (χ1) is 29.7. The minimum atomic E-state index is -5.08. The lowest BCUT2D eigenvalue weighted by Crippen LogP contribution is -2.21. The van der Waals surface area contributed by atoms with Gasteiger partial charge in [-0.05, 0) is 74.1 Å². The lowest BCUT2D eigenvalue weighted by Gasteiger charge is -2.11. The van der Waals surface area contributed by atoms with Gasteiger partial charge in [0.05, 0.1) is 16.6 Å². The summed E-state index contributed by atoms with van der Waals surface area (Å²) in [5.74, 6) is -4.17. The first kappa shape index (κ1) is 49.4. The van der Waals surface area contributed by atoms with Crippen molar-refractivity contribution in [2.45, 2.75) is 21.5 Å². The number of carboxylic acids is 2. The number of hydrogen-bond donors (Lipinski definition) is 4. The van der Waals surface area contributed by atoms with Gasteiger partial charge < -0.3 is 30.3 Å². The van der Waals surface area contributed by atoms with Crippen molar-refractivity contribution in [3.63, 3.8) is 0 Å². The zero-order chi connectivity index (χ0) is 46.6. The smallest absolute Gasteiger partial charge is 0.490 e. The third kappa shape index (κ3) is 12.5. The van der Waals surface area contributed by atoms with Gasteiger partial charge in [0.1, 0.15) is 33.8 Å². The highest BCUT2D eigenvalue weighted by atomic mass is 32.2. The second-order valence-electron chi connectivity index (χ2n) is 12.4. The fourth-order valence-corrected chi connectivity index (χ4v) is 9.27. The predicted molar refractivity (Wildman–Crippen MR) is 221 cm³/mol. The van der Waals surface area contributed by atoms with Gasteiger partial charge in [-0.2, -0.15) is 34.8 Å². The molecule has 0 saturated heterocycles. The number of benzene rings is 3. The molecule has 7 aromatic rings. The van der Waals surface area contributed by atoms with Gasteiger partial charge in [0.2, 0.25) is 0 Å². The highest BCUT2D eigenvalue weighted by Gasteiger charge is 2.39. The van der Waals surface area contributed by atoms with Crippen molar-refractivity contribution in [3.8, 4) is 11.5 Å². The Balaban J connectivity index is 0.000000216. The standard InChI is InChI=1S/C20H19N3O3S.C15H16N2O3S2.2C2HF3O2/c1-21-12-14-26-18-8-3-7-17-16(18)10-13-23(17)27(24,25)19-9-2-5-15-6-4-11-22-20(15)19;1-16-8-10-20-14-5-2-4-13-12(14)7-9-17(13)22(18,19)15-6-3-11-21-15;2*3-2(4,5)1(6)7/h2-11,13,21H,12,14H2,1H3;2-7,9,11,16H,8,10H2,1H3;2*(H,6,7). The Morgan fingerprint density at radius 3 is 1.57 bits per heavy atom. The van der Waals surface area contributed by atoms with E-state index in [9.17, 15) is 43.2 Å². The Hall–Kier alpha value is -6.21. The molecule has 63 heavy (non-hydrogen) atoms. The second-order valence-corrected chi connectivity index (χ2v) is 17.2. The molecule has 0 spiro atoms. The maximum atomic E-state index is 13.4. The zero-order valence-corrected chi connectivity index (χ0v) is 35.2.